The minimum absolute atomic E-state index is 0.125. The SMILES string of the molecule is CN1CCC[C@H](N(C(=O)CCl)C2CC2)C1. The van der Waals surface area contributed by atoms with Crippen LogP contribution in [-0.4, -0.2) is 53.8 Å². The van der Waals surface area contributed by atoms with Crippen molar-refractivity contribution in [1.82, 2.24) is 9.80 Å². The highest BCUT2D eigenvalue weighted by Gasteiger charge is 2.37. The number of rotatable bonds is 3. The predicted octanol–water partition coefficient (Wildman–Crippen LogP) is 1.31. The van der Waals surface area contributed by atoms with Crippen molar-refractivity contribution in [2.24, 2.45) is 0 Å². The molecule has 2 rings (SSSR count). The van der Waals surface area contributed by atoms with Gasteiger partial charge in [0, 0.05) is 18.6 Å². The van der Waals surface area contributed by atoms with E-state index in [0.29, 0.717) is 12.1 Å². The molecule has 0 bridgehead atoms. The van der Waals surface area contributed by atoms with Crippen molar-refractivity contribution in [3.05, 3.63) is 0 Å². The van der Waals surface area contributed by atoms with Crippen molar-refractivity contribution in [2.75, 3.05) is 26.0 Å². The van der Waals surface area contributed by atoms with Crippen LogP contribution < -0.4 is 0 Å². The van der Waals surface area contributed by atoms with E-state index in [4.69, 9.17) is 11.6 Å². The number of nitrogens with zero attached hydrogens (tertiary/aromatic N) is 2. The Hall–Kier alpha value is -0.280. The van der Waals surface area contributed by atoms with Crippen LogP contribution in [0.3, 0.4) is 0 Å². The molecular weight excluding hydrogens is 212 g/mol. The summed E-state index contributed by atoms with van der Waals surface area (Å²) in [5.74, 6) is 0.260. The Kier molecular flexibility index (Phi) is 3.52. The van der Waals surface area contributed by atoms with Gasteiger partial charge in [-0.3, -0.25) is 4.79 Å². The summed E-state index contributed by atoms with van der Waals surface area (Å²) in [6.07, 6.45) is 4.68. The molecule has 1 saturated carbocycles. The third-order valence-electron chi connectivity index (χ3n) is 3.34. The monoisotopic (exact) mass is 230 g/mol. The minimum atomic E-state index is 0.125. The van der Waals surface area contributed by atoms with Crippen LogP contribution in [0.4, 0.5) is 0 Å². The smallest absolute Gasteiger partial charge is 0.238 e. The zero-order valence-corrected chi connectivity index (χ0v) is 10.0. The normalized spacial score (nSPS) is 27.7. The zero-order chi connectivity index (χ0) is 10.8. The number of halogens is 1. The molecule has 0 radical (unpaired) electrons. The first kappa shape index (κ1) is 11.2. The molecular formula is C11H19ClN2O. The van der Waals surface area contributed by atoms with Gasteiger partial charge in [0.1, 0.15) is 5.88 Å². The van der Waals surface area contributed by atoms with E-state index in [0.717, 1.165) is 19.5 Å². The molecule has 0 aromatic heterocycles. The zero-order valence-electron chi connectivity index (χ0n) is 9.29. The number of alkyl halides is 1. The quantitative estimate of drug-likeness (QED) is 0.683. The van der Waals surface area contributed by atoms with Gasteiger partial charge in [0.15, 0.2) is 0 Å². The van der Waals surface area contributed by atoms with Crippen LogP contribution in [0.2, 0.25) is 0 Å². The topological polar surface area (TPSA) is 23.6 Å². The molecule has 4 heteroatoms. The summed E-state index contributed by atoms with van der Waals surface area (Å²) in [6.45, 7) is 2.17. The Morgan fingerprint density at radius 2 is 2.13 bits per heavy atom. The summed E-state index contributed by atoms with van der Waals surface area (Å²) in [7, 11) is 2.13. The summed E-state index contributed by atoms with van der Waals surface area (Å²) in [6, 6.07) is 0.898. The first-order valence-electron chi connectivity index (χ1n) is 5.78. The van der Waals surface area contributed by atoms with Crippen molar-refractivity contribution in [1.29, 1.82) is 0 Å². The minimum Gasteiger partial charge on any atom is -0.334 e. The highest BCUT2D eigenvalue weighted by atomic mass is 35.5. The molecule has 1 aliphatic carbocycles. The molecule has 2 fully saturated rings. The maximum absolute atomic E-state index is 11.8. The number of likely N-dealkylation sites (N-methyl/N-ethyl adjacent to an activating group) is 1. The predicted molar refractivity (Wildman–Crippen MR) is 61.1 cm³/mol. The summed E-state index contributed by atoms with van der Waals surface area (Å²) in [5, 5.41) is 0. The van der Waals surface area contributed by atoms with Crippen LogP contribution in [0.1, 0.15) is 25.7 Å². The van der Waals surface area contributed by atoms with Crippen molar-refractivity contribution in [2.45, 2.75) is 37.8 Å². The number of likely N-dealkylation sites (tertiary alicyclic amines) is 1. The molecule has 0 spiro atoms. The number of amides is 1. The maximum atomic E-state index is 11.8. The Labute approximate surface area is 96.4 Å². The standard InChI is InChI=1S/C11H19ClN2O/c1-13-6-2-3-10(8-13)14(9-4-5-9)11(15)7-12/h9-10H,2-8H2,1H3/t10-/m0/s1. The Morgan fingerprint density at radius 3 is 2.67 bits per heavy atom. The molecule has 2 aliphatic rings. The molecule has 3 nitrogen and oxygen atoms in total. The summed E-state index contributed by atoms with van der Waals surface area (Å²) in [5.41, 5.74) is 0. The first-order valence-corrected chi connectivity index (χ1v) is 6.31. The number of carbonyl (C=O) groups excluding carboxylic acids is 1. The number of carbonyl (C=O) groups is 1. The largest absolute Gasteiger partial charge is 0.334 e. The van der Waals surface area contributed by atoms with Crippen LogP contribution in [0.25, 0.3) is 0 Å². The Morgan fingerprint density at radius 1 is 1.40 bits per heavy atom. The average Bonchev–Trinajstić information content (AvgIpc) is 3.02. The second-order valence-corrected chi connectivity index (χ2v) is 4.99. The van der Waals surface area contributed by atoms with Crippen LogP contribution in [0.5, 0.6) is 0 Å². The van der Waals surface area contributed by atoms with Crippen molar-refractivity contribution in [3.63, 3.8) is 0 Å². The van der Waals surface area contributed by atoms with E-state index in [-0.39, 0.29) is 11.8 Å². The summed E-state index contributed by atoms with van der Waals surface area (Å²) in [4.78, 5) is 16.1. The van der Waals surface area contributed by atoms with E-state index in [2.05, 4.69) is 16.8 Å². The van der Waals surface area contributed by atoms with E-state index in [9.17, 15) is 4.79 Å². The molecule has 0 aromatic carbocycles. The Balaban J connectivity index is 1.99. The molecule has 0 aromatic rings. The fourth-order valence-corrected chi connectivity index (χ4v) is 2.63. The number of hydrogen-bond donors (Lipinski definition) is 0. The number of piperidine rings is 1. The van der Waals surface area contributed by atoms with Gasteiger partial charge in [0.05, 0.1) is 0 Å². The molecule has 1 saturated heterocycles. The van der Waals surface area contributed by atoms with Gasteiger partial charge < -0.3 is 9.80 Å². The van der Waals surface area contributed by atoms with Crippen LogP contribution in [-0.2, 0) is 4.79 Å². The number of hydrogen-bond acceptors (Lipinski definition) is 2. The highest BCUT2D eigenvalue weighted by Crippen LogP contribution is 2.31. The van der Waals surface area contributed by atoms with Gasteiger partial charge in [-0.25, -0.2) is 0 Å². The van der Waals surface area contributed by atoms with Gasteiger partial charge in [0.2, 0.25) is 5.91 Å². The lowest BCUT2D eigenvalue weighted by molar-refractivity contribution is -0.132. The molecule has 1 atom stereocenters. The molecule has 0 unspecified atom stereocenters. The molecule has 86 valence electrons. The van der Waals surface area contributed by atoms with E-state index in [1.54, 1.807) is 0 Å². The van der Waals surface area contributed by atoms with E-state index < -0.39 is 0 Å². The van der Waals surface area contributed by atoms with Gasteiger partial charge >= 0.3 is 0 Å². The molecule has 0 N–H and O–H groups in total. The lowest BCUT2D eigenvalue weighted by Crippen LogP contribution is -2.50. The van der Waals surface area contributed by atoms with Gasteiger partial charge in [0.25, 0.3) is 0 Å². The second-order valence-electron chi connectivity index (χ2n) is 4.72. The van der Waals surface area contributed by atoms with Crippen LogP contribution in [0.15, 0.2) is 0 Å². The summed E-state index contributed by atoms with van der Waals surface area (Å²) < 4.78 is 0. The van der Waals surface area contributed by atoms with Gasteiger partial charge in [-0.05, 0) is 39.3 Å². The third-order valence-corrected chi connectivity index (χ3v) is 3.56. The lowest BCUT2D eigenvalue weighted by atomic mass is 10.0. The highest BCUT2D eigenvalue weighted by molar-refractivity contribution is 6.27. The summed E-state index contributed by atoms with van der Waals surface area (Å²) >= 11 is 5.67. The third kappa shape index (κ3) is 2.64. The fraction of sp³-hybridized carbons (Fsp3) is 0.909. The van der Waals surface area contributed by atoms with Gasteiger partial charge in [-0.2, -0.15) is 0 Å². The molecule has 15 heavy (non-hydrogen) atoms. The second kappa shape index (κ2) is 4.71. The first-order chi connectivity index (χ1) is 7.22. The van der Waals surface area contributed by atoms with Gasteiger partial charge in [-0.1, -0.05) is 0 Å². The van der Waals surface area contributed by atoms with Crippen molar-refractivity contribution >= 4 is 17.5 Å². The molecule has 1 aliphatic heterocycles. The van der Waals surface area contributed by atoms with Gasteiger partial charge in [-0.15, -0.1) is 11.6 Å². The van der Waals surface area contributed by atoms with E-state index in [1.807, 2.05) is 0 Å². The van der Waals surface area contributed by atoms with Crippen LogP contribution in [0, 0.1) is 0 Å². The van der Waals surface area contributed by atoms with Crippen molar-refractivity contribution < 1.29 is 4.79 Å². The Bertz CT molecular complexity index is 243. The van der Waals surface area contributed by atoms with Crippen LogP contribution >= 0.6 is 11.6 Å². The van der Waals surface area contributed by atoms with E-state index >= 15 is 0 Å². The average molecular weight is 231 g/mol. The van der Waals surface area contributed by atoms with E-state index in [1.165, 1.54) is 19.3 Å². The fourth-order valence-electron chi connectivity index (χ4n) is 2.49. The molecule has 1 amide bonds. The maximum Gasteiger partial charge on any atom is 0.238 e. The lowest BCUT2D eigenvalue weighted by Gasteiger charge is -2.38. The molecule has 1 heterocycles. The van der Waals surface area contributed by atoms with Crippen molar-refractivity contribution in [3.8, 4) is 0 Å².